The molecule has 2 rings (SSSR count). The van der Waals surface area contributed by atoms with Crippen LogP contribution in [0.4, 0.5) is 10.1 Å². The summed E-state index contributed by atoms with van der Waals surface area (Å²) < 4.78 is 12.9. The Kier molecular flexibility index (Phi) is 3.06. The van der Waals surface area contributed by atoms with Crippen molar-refractivity contribution in [1.82, 2.24) is 15.2 Å². The van der Waals surface area contributed by atoms with Crippen molar-refractivity contribution in [3.8, 4) is 0 Å². The average Bonchev–Trinajstić information content (AvgIpc) is 2.70. The molecule has 0 aliphatic heterocycles. The Morgan fingerprint density at radius 3 is 2.88 bits per heavy atom. The molecule has 0 bridgehead atoms. The summed E-state index contributed by atoms with van der Waals surface area (Å²) in [4.78, 5) is 15.5. The van der Waals surface area contributed by atoms with Crippen molar-refractivity contribution in [2.24, 2.45) is 0 Å². The zero-order valence-electron chi connectivity index (χ0n) is 8.79. The number of rotatable bonds is 2. The number of benzene rings is 1. The third kappa shape index (κ3) is 2.59. The molecule has 0 saturated carbocycles. The molecule has 0 aliphatic rings. The lowest BCUT2D eigenvalue weighted by Gasteiger charge is -2.03. The minimum Gasteiger partial charge on any atom is -0.319 e. The summed E-state index contributed by atoms with van der Waals surface area (Å²) in [5.74, 6) is -0.481. The largest absolute Gasteiger partial charge is 0.319 e. The van der Waals surface area contributed by atoms with E-state index in [0.717, 1.165) is 0 Å². The van der Waals surface area contributed by atoms with Crippen LogP contribution in [0.3, 0.4) is 0 Å². The predicted octanol–water partition coefficient (Wildman–Crippen LogP) is 2.16. The van der Waals surface area contributed by atoms with Gasteiger partial charge in [-0.2, -0.15) is 0 Å². The van der Waals surface area contributed by atoms with Gasteiger partial charge in [0, 0.05) is 5.69 Å². The molecule has 0 spiro atoms. The van der Waals surface area contributed by atoms with Crippen LogP contribution >= 0.6 is 11.6 Å². The van der Waals surface area contributed by atoms with Crippen molar-refractivity contribution in [3.63, 3.8) is 0 Å². The van der Waals surface area contributed by atoms with Gasteiger partial charge in [-0.05, 0) is 25.1 Å². The van der Waals surface area contributed by atoms with Crippen molar-refractivity contribution in [2.45, 2.75) is 6.92 Å². The van der Waals surface area contributed by atoms with Crippen LogP contribution in [-0.2, 0) is 0 Å². The summed E-state index contributed by atoms with van der Waals surface area (Å²) in [5.41, 5.74) is 0.379. The number of carbonyl (C=O) groups is 1. The van der Waals surface area contributed by atoms with Gasteiger partial charge in [0.25, 0.3) is 5.91 Å². The summed E-state index contributed by atoms with van der Waals surface area (Å²) in [6, 6.07) is 3.88. The highest BCUT2D eigenvalue weighted by Gasteiger charge is 2.11. The van der Waals surface area contributed by atoms with E-state index in [0.29, 0.717) is 11.5 Å². The summed E-state index contributed by atoms with van der Waals surface area (Å²) >= 11 is 5.58. The SMILES string of the molecule is Cc1nc(C(=O)Nc2ccc(F)c(Cl)c2)n[nH]1. The molecule has 0 saturated heterocycles. The van der Waals surface area contributed by atoms with Crippen LogP contribution < -0.4 is 5.32 Å². The Balaban J connectivity index is 2.15. The second-order valence-corrected chi connectivity index (χ2v) is 3.73. The van der Waals surface area contributed by atoms with Crippen molar-refractivity contribution >= 4 is 23.2 Å². The van der Waals surface area contributed by atoms with Gasteiger partial charge in [0.1, 0.15) is 11.6 Å². The van der Waals surface area contributed by atoms with Gasteiger partial charge in [0.2, 0.25) is 5.82 Å². The van der Waals surface area contributed by atoms with Gasteiger partial charge in [0.05, 0.1) is 5.02 Å². The smallest absolute Gasteiger partial charge is 0.295 e. The van der Waals surface area contributed by atoms with E-state index in [1.165, 1.54) is 18.2 Å². The molecule has 7 heteroatoms. The lowest BCUT2D eigenvalue weighted by atomic mass is 10.3. The first-order chi connectivity index (χ1) is 8.06. The normalized spacial score (nSPS) is 10.3. The molecule has 0 unspecified atom stereocenters. The summed E-state index contributed by atoms with van der Waals surface area (Å²) in [5, 5.41) is 8.69. The number of nitrogens with zero attached hydrogens (tertiary/aromatic N) is 2. The number of aryl methyl sites for hydroxylation is 1. The maximum absolute atomic E-state index is 12.9. The maximum Gasteiger partial charge on any atom is 0.295 e. The molecular weight excluding hydrogens is 247 g/mol. The molecule has 1 amide bonds. The Bertz CT molecular complexity index is 569. The van der Waals surface area contributed by atoms with E-state index >= 15 is 0 Å². The van der Waals surface area contributed by atoms with Gasteiger partial charge < -0.3 is 5.32 Å². The fourth-order valence-corrected chi connectivity index (χ4v) is 1.39. The molecule has 2 N–H and O–H groups in total. The number of hydrogen-bond acceptors (Lipinski definition) is 3. The first-order valence-electron chi connectivity index (χ1n) is 4.71. The number of aromatic amines is 1. The third-order valence-corrected chi connectivity index (χ3v) is 2.27. The number of carbonyl (C=O) groups excluding carboxylic acids is 1. The molecule has 17 heavy (non-hydrogen) atoms. The third-order valence-electron chi connectivity index (χ3n) is 1.98. The highest BCUT2D eigenvalue weighted by Crippen LogP contribution is 2.19. The van der Waals surface area contributed by atoms with E-state index in [2.05, 4.69) is 20.5 Å². The van der Waals surface area contributed by atoms with E-state index in [4.69, 9.17) is 11.6 Å². The first-order valence-corrected chi connectivity index (χ1v) is 5.09. The standard InChI is InChI=1S/C10H8ClFN4O/c1-5-13-9(16-15-5)10(17)14-6-2-3-8(12)7(11)4-6/h2-4H,1H3,(H,14,17)(H,13,15,16). The van der Waals surface area contributed by atoms with Gasteiger partial charge in [-0.15, -0.1) is 5.10 Å². The van der Waals surface area contributed by atoms with Crippen LogP contribution in [0.15, 0.2) is 18.2 Å². The lowest BCUT2D eigenvalue weighted by molar-refractivity contribution is 0.101. The number of amides is 1. The fourth-order valence-electron chi connectivity index (χ4n) is 1.21. The number of anilines is 1. The van der Waals surface area contributed by atoms with Crippen molar-refractivity contribution in [3.05, 3.63) is 40.7 Å². The van der Waals surface area contributed by atoms with E-state index < -0.39 is 11.7 Å². The van der Waals surface area contributed by atoms with Gasteiger partial charge >= 0.3 is 0 Å². The van der Waals surface area contributed by atoms with Crippen molar-refractivity contribution in [2.75, 3.05) is 5.32 Å². The molecule has 5 nitrogen and oxygen atoms in total. The molecule has 1 heterocycles. The first kappa shape index (κ1) is 11.5. The highest BCUT2D eigenvalue weighted by atomic mass is 35.5. The zero-order chi connectivity index (χ0) is 12.4. The van der Waals surface area contributed by atoms with Crippen LogP contribution in [0, 0.1) is 12.7 Å². The van der Waals surface area contributed by atoms with E-state index in [1.54, 1.807) is 6.92 Å². The Morgan fingerprint density at radius 1 is 1.53 bits per heavy atom. The van der Waals surface area contributed by atoms with Gasteiger partial charge in [-0.1, -0.05) is 11.6 Å². The average molecular weight is 255 g/mol. The number of H-pyrrole nitrogens is 1. The van der Waals surface area contributed by atoms with E-state index in [9.17, 15) is 9.18 Å². The quantitative estimate of drug-likeness (QED) is 0.863. The summed E-state index contributed by atoms with van der Waals surface area (Å²) in [6.45, 7) is 1.68. The van der Waals surface area contributed by atoms with Gasteiger partial charge in [-0.3, -0.25) is 9.89 Å². The van der Waals surface area contributed by atoms with E-state index in [-0.39, 0.29) is 10.8 Å². The highest BCUT2D eigenvalue weighted by molar-refractivity contribution is 6.31. The fraction of sp³-hybridized carbons (Fsp3) is 0.100. The van der Waals surface area contributed by atoms with Crippen LogP contribution in [0.2, 0.25) is 5.02 Å². The van der Waals surface area contributed by atoms with Crippen LogP contribution in [0.5, 0.6) is 0 Å². The molecule has 0 atom stereocenters. The molecule has 0 radical (unpaired) electrons. The number of nitrogens with one attached hydrogen (secondary N) is 2. The monoisotopic (exact) mass is 254 g/mol. The molecule has 1 aromatic heterocycles. The van der Waals surface area contributed by atoms with Crippen molar-refractivity contribution in [1.29, 1.82) is 0 Å². The van der Waals surface area contributed by atoms with E-state index in [1.807, 2.05) is 0 Å². The van der Waals surface area contributed by atoms with Crippen LogP contribution in [0.1, 0.15) is 16.4 Å². The number of hydrogen-bond donors (Lipinski definition) is 2. The minimum atomic E-state index is -0.543. The molecule has 0 fully saturated rings. The van der Waals surface area contributed by atoms with Crippen LogP contribution in [0.25, 0.3) is 0 Å². The second kappa shape index (κ2) is 4.50. The Morgan fingerprint density at radius 2 is 2.29 bits per heavy atom. The minimum absolute atomic E-state index is 0.0166. The lowest BCUT2D eigenvalue weighted by Crippen LogP contribution is -2.13. The van der Waals surface area contributed by atoms with Crippen molar-refractivity contribution < 1.29 is 9.18 Å². The molecular formula is C10H8ClFN4O. The number of halogens is 2. The Labute approximate surface area is 101 Å². The predicted molar refractivity (Wildman–Crippen MR) is 60.5 cm³/mol. The van der Waals surface area contributed by atoms with Gasteiger partial charge in [0.15, 0.2) is 0 Å². The number of aromatic nitrogens is 3. The summed E-state index contributed by atoms with van der Waals surface area (Å²) in [7, 11) is 0. The van der Waals surface area contributed by atoms with Crippen LogP contribution in [-0.4, -0.2) is 21.1 Å². The molecule has 1 aromatic carbocycles. The Hall–Kier alpha value is -1.95. The summed E-state index contributed by atoms with van der Waals surface area (Å²) in [6.07, 6.45) is 0. The maximum atomic E-state index is 12.9. The molecule has 2 aromatic rings. The molecule has 88 valence electrons. The second-order valence-electron chi connectivity index (χ2n) is 3.33. The topological polar surface area (TPSA) is 70.7 Å². The molecule has 0 aliphatic carbocycles. The zero-order valence-corrected chi connectivity index (χ0v) is 9.55. The van der Waals surface area contributed by atoms with Gasteiger partial charge in [-0.25, -0.2) is 9.37 Å².